The minimum atomic E-state index is 0.438. The van der Waals surface area contributed by atoms with Crippen molar-refractivity contribution in [1.82, 2.24) is 9.78 Å². The third-order valence-electron chi connectivity index (χ3n) is 3.21. The van der Waals surface area contributed by atoms with E-state index in [0.29, 0.717) is 11.6 Å². The van der Waals surface area contributed by atoms with Crippen LogP contribution in [0.2, 0.25) is 5.02 Å². The standard InChI is InChI=1S/C16H14ClN3/c17-16-8-15(7-6-13(16)9-18)20-11-14(10-19-20)12-4-2-1-3-5-12/h1-8,10-11H,9,18H2. The van der Waals surface area contributed by atoms with Crippen LogP contribution in [-0.2, 0) is 6.54 Å². The number of nitrogens with zero attached hydrogens (tertiary/aromatic N) is 2. The van der Waals surface area contributed by atoms with Crippen molar-refractivity contribution in [1.29, 1.82) is 0 Å². The fourth-order valence-corrected chi connectivity index (χ4v) is 2.34. The van der Waals surface area contributed by atoms with Crippen molar-refractivity contribution in [2.45, 2.75) is 6.54 Å². The molecule has 0 aliphatic carbocycles. The Labute approximate surface area is 122 Å². The molecule has 100 valence electrons. The molecule has 0 unspecified atom stereocenters. The normalized spacial score (nSPS) is 10.7. The lowest BCUT2D eigenvalue weighted by Gasteiger charge is -2.05. The van der Waals surface area contributed by atoms with Crippen LogP contribution in [0.25, 0.3) is 16.8 Å². The molecule has 0 amide bonds. The SMILES string of the molecule is NCc1ccc(-n2cc(-c3ccccc3)cn2)cc1Cl. The van der Waals surface area contributed by atoms with Gasteiger partial charge in [0.2, 0.25) is 0 Å². The molecule has 4 heteroatoms. The van der Waals surface area contributed by atoms with E-state index in [2.05, 4.69) is 17.2 Å². The summed E-state index contributed by atoms with van der Waals surface area (Å²) >= 11 is 6.18. The molecule has 0 saturated heterocycles. The zero-order chi connectivity index (χ0) is 13.9. The van der Waals surface area contributed by atoms with Crippen LogP contribution in [0.5, 0.6) is 0 Å². The van der Waals surface area contributed by atoms with Gasteiger partial charge in [0.15, 0.2) is 0 Å². The molecule has 3 nitrogen and oxygen atoms in total. The first kappa shape index (κ1) is 12.9. The Morgan fingerprint density at radius 1 is 1.05 bits per heavy atom. The largest absolute Gasteiger partial charge is 0.326 e. The van der Waals surface area contributed by atoms with E-state index < -0.39 is 0 Å². The van der Waals surface area contributed by atoms with Gasteiger partial charge in [-0.15, -0.1) is 0 Å². The summed E-state index contributed by atoms with van der Waals surface area (Å²) < 4.78 is 1.81. The molecule has 0 spiro atoms. The third-order valence-corrected chi connectivity index (χ3v) is 3.56. The number of benzene rings is 2. The van der Waals surface area contributed by atoms with E-state index >= 15 is 0 Å². The molecular formula is C16H14ClN3. The molecule has 0 saturated carbocycles. The summed E-state index contributed by atoms with van der Waals surface area (Å²) in [5.74, 6) is 0. The number of halogens is 1. The number of rotatable bonds is 3. The molecule has 0 atom stereocenters. The minimum absolute atomic E-state index is 0.438. The van der Waals surface area contributed by atoms with E-state index in [4.69, 9.17) is 17.3 Å². The molecule has 2 aromatic carbocycles. The van der Waals surface area contributed by atoms with E-state index in [-0.39, 0.29) is 0 Å². The smallest absolute Gasteiger partial charge is 0.0660 e. The van der Waals surface area contributed by atoms with Crippen LogP contribution in [0.3, 0.4) is 0 Å². The van der Waals surface area contributed by atoms with E-state index in [1.54, 1.807) is 0 Å². The van der Waals surface area contributed by atoms with Crippen molar-refractivity contribution in [3.63, 3.8) is 0 Å². The second-order valence-corrected chi connectivity index (χ2v) is 4.93. The zero-order valence-corrected chi connectivity index (χ0v) is 11.6. The van der Waals surface area contributed by atoms with Crippen LogP contribution < -0.4 is 5.73 Å². The Morgan fingerprint density at radius 3 is 2.55 bits per heavy atom. The fourth-order valence-electron chi connectivity index (χ4n) is 2.09. The number of hydrogen-bond acceptors (Lipinski definition) is 2. The predicted octanol–water partition coefficient (Wildman–Crippen LogP) is 3.65. The van der Waals surface area contributed by atoms with Crippen LogP contribution in [0.15, 0.2) is 60.9 Å². The lowest BCUT2D eigenvalue weighted by molar-refractivity contribution is 0.879. The maximum absolute atomic E-state index is 6.18. The van der Waals surface area contributed by atoms with Crippen molar-refractivity contribution in [2.75, 3.05) is 0 Å². The van der Waals surface area contributed by atoms with E-state index in [0.717, 1.165) is 22.4 Å². The van der Waals surface area contributed by atoms with Gasteiger partial charge in [-0.1, -0.05) is 48.0 Å². The van der Waals surface area contributed by atoms with Gasteiger partial charge in [0.25, 0.3) is 0 Å². The second-order valence-electron chi connectivity index (χ2n) is 4.52. The number of hydrogen-bond donors (Lipinski definition) is 1. The van der Waals surface area contributed by atoms with E-state index in [1.807, 2.05) is 53.5 Å². The summed E-state index contributed by atoms with van der Waals surface area (Å²) in [4.78, 5) is 0. The van der Waals surface area contributed by atoms with Gasteiger partial charge in [-0.3, -0.25) is 0 Å². The summed E-state index contributed by atoms with van der Waals surface area (Å²) in [6, 6.07) is 15.9. The van der Waals surface area contributed by atoms with E-state index in [1.165, 1.54) is 0 Å². The molecule has 0 aliphatic rings. The summed E-state index contributed by atoms with van der Waals surface area (Å²) in [7, 11) is 0. The average Bonchev–Trinajstić information content (AvgIpc) is 2.98. The average molecular weight is 284 g/mol. The highest BCUT2D eigenvalue weighted by Gasteiger charge is 2.05. The van der Waals surface area contributed by atoms with Crippen LogP contribution in [0, 0.1) is 0 Å². The number of aromatic nitrogens is 2. The molecule has 3 rings (SSSR count). The predicted molar refractivity (Wildman–Crippen MR) is 81.9 cm³/mol. The van der Waals surface area contributed by atoms with Gasteiger partial charge in [-0.05, 0) is 23.3 Å². The van der Waals surface area contributed by atoms with Crippen molar-refractivity contribution in [2.24, 2.45) is 5.73 Å². The first-order valence-electron chi connectivity index (χ1n) is 6.37. The molecule has 1 aromatic heterocycles. The van der Waals surface area contributed by atoms with Gasteiger partial charge < -0.3 is 5.73 Å². The minimum Gasteiger partial charge on any atom is -0.326 e. The Morgan fingerprint density at radius 2 is 1.85 bits per heavy atom. The van der Waals surface area contributed by atoms with Gasteiger partial charge in [-0.25, -0.2) is 4.68 Å². The maximum Gasteiger partial charge on any atom is 0.0660 e. The summed E-state index contributed by atoms with van der Waals surface area (Å²) in [5, 5.41) is 5.05. The first-order chi connectivity index (χ1) is 9.78. The molecular weight excluding hydrogens is 270 g/mol. The van der Waals surface area contributed by atoms with Crippen LogP contribution >= 0.6 is 11.6 Å². The van der Waals surface area contributed by atoms with Crippen LogP contribution in [-0.4, -0.2) is 9.78 Å². The lowest BCUT2D eigenvalue weighted by Crippen LogP contribution is -1.99. The summed E-state index contributed by atoms with van der Waals surface area (Å²) in [6.07, 6.45) is 3.84. The molecule has 0 radical (unpaired) electrons. The Bertz CT molecular complexity index is 720. The van der Waals surface area contributed by atoms with Gasteiger partial charge >= 0.3 is 0 Å². The number of nitrogens with two attached hydrogens (primary N) is 1. The van der Waals surface area contributed by atoms with Gasteiger partial charge in [0, 0.05) is 23.3 Å². The highest BCUT2D eigenvalue weighted by atomic mass is 35.5. The van der Waals surface area contributed by atoms with Crippen LogP contribution in [0.4, 0.5) is 0 Å². The molecule has 0 bridgehead atoms. The van der Waals surface area contributed by atoms with Gasteiger partial charge in [0.1, 0.15) is 0 Å². The van der Waals surface area contributed by atoms with Gasteiger partial charge in [-0.2, -0.15) is 5.10 Å². The molecule has 3 aromatic rings. The van der Waals surface area contributed by atoms with Crippen molar-refractivity contribution in [3.05, 3.63) is 71.5 Å². The van der Waals surface area contributed by atoms with Gasteiger partial charge in [0.05, 0.1) is 11.9 Å². The summed E-state index contributed by atoms with van der Waals surface area (Å²) in [6.45, 7) is 0.438. The Hall–Kier alpha value is -2.10. The van der Waals surface area contributed by atoms with E-state index in [9.17, 15) is 0 Å². The molecule has 20 heavy (non-hydrogen) atoms. The Kier molecular flexibility index (Phi) is 3.54. The third kappa shape index (κ3) is 2.46. The molecule has 1 heterocycles. The van der Waals surface area contributed by atoms with Crippen molar-refractivity contribution in [3.8, 4) is 16.8 Å². The highest BCUT2D eigenvalue weighted by Crippen LogP contribution is 2.22. The van der Waals surface area contributed by atoms with Crippen molar-refractivity contribution >= 4 is 11.6 Å². The zero-order valence-electron chi connectivity index (χ0n) is 10.8. The quantitative estimate of drug-likeness (QED) is 0.797. The lowest BCUT2D eigenvalue weighted by atomic mass is 10.1. The molecule has 0 fully saturated rings. The summed E-state index contributed by atoms with van der Waals surface area (Å²) in [5.41, 5.74) is 9.69. The maximum atomic E-state index is 6.18. The van der Waals surface area contributed by atoms with Crippen molar-refractivity contribution < 1.29 is 0 Å². The van der Waals surface area contributed by atoms with Crippen LogP contribution in [0.1, 0.15) is 5.56 Å². The molecule has 0 aliphatic heterocycles. The highest BCUT2D eigenvalue weighted by molar-refractivity contribution is 6.31. The molecule has 2 N–H and O–H groups in total. The Balaban J connectivity index is 1.96. The monoisotopic (exact) mass is 283 g/mol. The second kappa shape index (κ2) is 5.49. The topological polar surface area (TPSA) is 43.8 Å². The fraction of sp³-hybridized carbons (Fsp3) is 0.0625. The first-order valence-corrected chi connectivity index (χ1v) is 6.74.